The molecular weight excluding hydrogens is 326 g/mol. The summed E-state index contributed by atoms with van der Waals surface area (Å²) in [7, 11) is 1.32. The quantitative estimate of drug-likeness (QED) is 0.776. The third-order valence-corrected chi connectivity index (χ3v) is 3.95. The molecule has 5 nitrogen and oxygen atoms in total. The van der Waals surface area contributed by atoms with Gasteiger partial charge in [0.05, 0.1) is 18.6 Å². The molecule has 0 saturated heterocycles. The van der Waals surface area contributed by atoms with Crippen molar-refractivity contribution in [2.45, 2.75) is 6.92 Å². The molecule has 0 fully saturated rings. The Labute approximate surface area is 145 Å². The van der Waals surface area contributed by atoms with Crippen LogP contribution in [-0.2, 0) is 14.3 Å². The molecule has 0 unspecified atom stereocenters. The van der Waals surface area contributed by atoms with E-state index in [2.05, 4.69) is 10.1 Å². The Morgan fingerprint density at radius 2 is 1.79 bits per heavy atom. The Hall–Kier alpha value is -2.47. The van der Waals surface area contributed by atoms with Crippen molar-refractivity contribution in [3.63, 3.8) is 0 Å². The van der Waals surface area contributed by atoms with E-state index in [1.807, 2.05) is 31.2 Å². The van der Waals surface area contributed by atoms with Crippen molar-refractivity contribution in [3.05, 3.63) is 54.1 Å². The average Bonchev–Trinajstić information content (AvgIpc) is 2.56. The number of rotatable bonds is 7. The minimum absolute atomic E-state index is 0.160. The van der Waals surface area contributed by atoms with Crippen LogP contribution in [0, 0.1) is 6.92 Å². The second-order valence-electron chi connectivity index (χ2n) is 5.06. The van der Waals surface area contributed by atoms with Gasteiger partial charge in [-0.3, -0.25) is 9.59 Å². The molecule has 0 saturated carbocycles. The molecule has 6 heteroatoms. The van der Waals surface area contributed by atoms with E-state index in [1.54, 1.807) is 24.3 Å². The minimum Gasteiger partial charge on any atom is -0.468 e. The van der Waals surface area contributed by atoms with E-state index < -0.39 is 0 Å². The molecule has 0 aromatic heterocycles. The number of carbonyl (C=O) groups excluding carboxylic acids is 2. The summed E-state index contributed by atoms with van der Waals surface area (Å²) in [4.78, 5) is 22.8. The lowest BCUT2D eigenvalue weighted by Gasteiger charge is -2.08. The smallest absolute Gasteiger partial charge is 0.315 e. The molecule has 0 bridgehead atoms. The Bertz CT molecular complexity index is 700. The number of hydrogen-bond donors (Lipinski definition) is 1. The van der Waals surface area contributed by atoms with Crippen LogP contribution >= 0.6 is 11.8 Å². The second-order valence-corrected chi connectivity index (χ2v) is 6.05. The number of ether oxygens (including phenoxy) is 2. The first kappa shape index (κ1) is 17.9. The highest BCUT2D eigenvalue weighted by molar-refractivity contribution is 8.00. The fraction of sp³-hybridized carbons (Fsp3) is 0.222. The van der Waals surface area contributed by atoms with Crippen LogP contribution in [0.1, 0.15) is 5.56 Å². The molecule has 2 aromatic carbocycles. The van der Waals surface area contributed by atoms with Gasteiger partial charge in [-0.05, 0) is 48.9 Å². The van der Waals surface area contributed by atoms with Crippen LogP contribution in [0.5, 0.6) is 11.5 Å². The zero-order valence-corrected chi connectivity index (χ0v) is 14.4. The third-order valence-electron chi connectivity index (χ3n) is 3.04. The largest absolute Gasteiger partial charge is 0.468 e. The van der Waals surface area contributed by atoms with Gasteiger partial charge in [0.25, 0.3) is 0 Å². The highest BCUT2D eigenvalue weighted by Gasteiger charge is 2.06. The number of hydrogen-bond acceptors (Lipinski definition) is 5. The summed E-state index contributed by atoms with van der Waals surface area (Å²) in [6.07, 6.45) is 0. The van der Waals surface area contributed by atoms with Gasteiger partial charge in [-0.2, -0.15) is 0 Å². The van der Waals surface area contributed by atoms with Crippen molar-refractivity contribution in [1.82, 2.24) is 0 Å². The fourth-order valence-corrected chi connectivity index (χ4v) is 2.55. The first-order valence-electron chi connectivity index (χ1n) is 7.36. The maximum absolute atomic E-state index is 11.8. The van der Waals surface area contributed by atoms with Gasteiger partial charge in [-0.25, -0.2) is 0 Å². The Balaban J connectivity index is 1.83. The number of nitrogens with one attached hydrogen (secondary N) is 1. The highest BCUT2D eigenvalue weighted by atomic mass is 32.2. The van der Waals surface area contributed by atoms with Gasteiger partial charge >= 0.3 is 5.97 Å². The highest BCUT2D eigenvalue weighted by Crippen LogP contribution is 2.23. The van der Waals surface area contributed by atoms with Crippen molar-refractivity contribution < 1.29 is 19.1 Å². The molecule has 0 spiro atoms. The van der Waals surface area contributed by atoms with E-state index in [0.717, 1.165) is 11.3 Å². The normalized spacial score (nSPS) is 10.1. The van der Waals surface area contributed by atoms with Crippen LogP contribution in [-0.4, -0.2) is 30.5 Å². The fourth-order valence-electron chi connectivity index (χ4n) is 1.90. The average molecular weight is 345 g/mol. The number of carbonyl (C=O) groups is 2. The molecule has 2 aromatic rings. The third kappa shape index (κ3) is 5.96. The van der Waals surface area contributed by atoms with Crippen LogP contribution < -0.4 is 10.1 Å². The number of anilines is 1. The SMILES string of the molecule is COC(=O)CSCC(=O)Nc1ccc(Oc2cccc(C)c2)cc1. The number of aryl methyl sites for hydroxylation is 1. The molecule has 24 heavy (non-hydrogen) atoms. The Morgan fingerprint density at radius 3 is 2.46 bits per heavy atom. The lowest BCUT2D eigenvalue weighted by atomic mass is 10.2. The van der Waals surface area contributed by atoms with Crippen LogP contribution in [0.3, 0.4) is 0 Å². The van der Waals surface area contributed by atoms with E-state index in [4.69, 9.17) is 4.74 Å². The van der Waals surface area contributed by atoms with E-state index in [-0.39, 0.29) is 23.4 Å². The lowest BCUT2D eigenvalue weighted by Crippen LogP contribution is -2.15. The second kappa shape index (κ2) is 8.98. The number of thioether (sulfide) groups is 1. The molecule has 2 rings (SSSR count). The maximum Gasteiger partial charge on any atom is 0.315 e. The van der Waals surface area contributed by atoms with Crippen LogP contribution in [0.4, 0.5) is 5.69 Å². The first-order valence-corrected chi connectivity index (χ1v) is 8.51. The summed E-state index contributed by atoms with van der Waals surface area (Å²) < 4.78 is 10.3. The van der Waals surface area contributed by atoms with Crippen molar-refractivity contribution in [2.24, 2.45) is 0 Å². The van der Waals surface area contributed by atoms with Crippen molar-refractivity contribution in [2.75, 3.05) is 23.9 Å². The van der Waals surface area contributed by atoms with Gasteiger partial charge in [0.15, 0.2) is 0 Å². The summed E-state index contributed by atoms with van der Waals surface area (Å²) in [6.45, 7) is 2.00. The molecule has 0 aliphatic carbocycles. The van der Waals surface area contributed by atoms with Gasteiger partial charge in [0.1, 0.15) is 11.5 Å². The number of esters is 1. The van der Waals surface area contributed by atoms with E-state index in [1.165, 1.54) is 18.9 Å². The molecule has 126 valence electrons. The molecule has 0 atom stereocenters. The number of amides is 1. The van der Waals surface area contributed by atoms with E-state index >= 15 is 0 Å². The predicted molar refractivity (Wildman–Crippen MR) is 95.7 cm³/mol. The number of benzene rings is 2. The summed E-state index contributed by atoms with van der Waals surface area (Å²) >= 11 is 1.21. The van der Waals surface area contributed by atoms with Crippen LogP contribution in [0.2, 0.25) is 0 Å². The molecule has 1 N–H and O–H groups in total. The molecule has 1 amide bonds. The topological polar surface area (TPSA) is 64.6 Å². The summed E-state index contributed by atoms with van der Waals surface area (Å²) in [5.74, 6) is 1.30. The van der Waals surface area contributed by atoms with Gasteiger partial charge in [-0.15, -0.1) is 11.8 Å². The molecule has 0 radical (unpaired) electrons. The molecule has 0 aliphatic rings. The van der Waals surface area contributed by atoms with Crippen molar-refractivity contribution in [1.29, 1.82) is 0 Å². The van der Waals surface area contributed by atoms with Crippen LogP contribution in [0.15, 0.2) is 48.5 Å². The summed E-state index contributed by atoms with van der Waals surface area (Å²) in [6, 6.07) is 14.9. The lowest BCUT2D eigenvalue weighted by molar-refractivity contribution is -0.137. The van der Waals surface area contributed by atoms with Crippen LogP contribution in [0.25, 0.3) is 0 Å². The van der Waals surface area contributed by atoms with E-state index in [9.17, 15) is 9.59 Å². The van der Waals surface area contributed by atoms with Gasteiger partial charge in [0.2, 0.25) is 5.91 Å². The minimum atomic E-state index is -0.342. The maximum atomic E-state index is 11.8. The molecular formula is C18H19NO4S. The number of methoxy groups -OCH3 is 1. The summed E-state index contributed by atoms with van der Waals surface area (Å²) in [5.41, 5.74) is 1.80. The first-order chi connectivity index (χ1) is 11.6. The van der Waals surface area contributed by atoms with E-state index in [0.29, 0.717) is 11.4 Å². The Kier molecular flexibility index (Phi) is 6.69. The monoisotopic (exact) mass is 345 g/mol. The zero-order chi connectivity index (χ0) is 17.4. The van der Waals surface area contributed by atoms with Gasteiger partial charge in [-0.1, -0.05) is 12.1 Å². The van der Waals surface area contributed by atoms with Crippen molar-refractivity contribution >= 4 is 29.3 Å². The molecule has 0 heterocycles. The predicted octanol–water partition coefficient (Wildman–Crippen LogP) is 3.63. The van der Waals surface area contributed by atoms with Gasteiger partial charge < -0.3 is 14.8 Å². The Morgan fingerprint density at radius 1 is 1.04 bits per heavy atom. The standard InChI is InChI=1S/C18H19NO4S/c1-13-4-3-5-16(10-13)23-15-8-6-14(7-9-15)19-17(20)11-24-12-18(21)22-2/h3-10H,11-12H2,1-2H3,(H,19,20). The van der Waals surface area contributed by atoms with Gasteiger partial charge in [0, 0.05) is 5.69 Å². The van der Waals surface area contributed by atoms with Crippen molar-refractivity contribution in [3.8, 4) is 11.5 Å². The molecule has 0 aliphatic heterocycles. The zero-order valence-electron chi connectivity index (χ0n) is 13.6. The summed E-state index contributed by atoms with van der Waals surface area (Å²) in [5, 5.41) is 2.77.